The summed E-state index contributed by atoms with van der Waals surface area (Å²) in [6.45, 7) is 10.7. The van der Waals surface area contributed by atoms with E-state index < -0.39 is 0 Å². The number of nitrogens with one attached hydrogen (secondary N) is 2. The molecular formula is C25H31N7O. The number of nitrogens with zero attached hydrogens (tertiary/aromatic N) is 5. The van der Waals surface area contributed by atoms with Crippen molar-refractivity contribution >= 4 is 23.2 Å². The van der Waals surface area contributed by atoms with Crippen LogP contribution in [-0.4, -0.2) is 69.4 Å². The Morgan fingerprint density at radius 1 is 1.09 bits per heavy atom. The quantitative estimate of drug-likeness (QED) is 0.575. The van der Waals surface area contributed by atoms with Crippen molar-refractivity contribution in [2.24, 2.45) is 0 Å². The van der Waals surface area contributed by atoms with Crippen molar-refractivity contribution in [3.8, 4) is 11.3 Å². The van der Waals surface area contributed by atoms with E-state index in [2.05, 4.69) is 49.2 Å². The normalized spacial score (nSPS) is 14.9. The number of benzene rings is 1. The first-order valence-electron chi connectivity index (χ1n) is 11.4. The minimum Gasteiger partial charge on any atom is -0.325 e. The number of aromatic nitrogens is 3. The first-order valence-corrected chi connectivity index (χ1v) is 11.4. The largest absolute Gasteiger partial charge is 0.325 e. The van der Waals surface area contributed by atoms with Gasteiger partial charge in [0.25, 0.3) is 0 Å². The maximum absolute atomic E-state index is 12.6. The molecule has 33 heavy (non-hydrogen) atoms. The van der Waals surface area contributed by atoms with Gasteiger partial charge in [-0.1, -0.05) is 6.07 Å². The lowest BCUT2D eigenvalue weighted by molar-refractivity contribution is -0.117. The van der Waals surface area contributed by atoms with Crippen LogP contribution in [0.5, 0.6) is 0 Å². The Balaban J connectivity index is 1.39. The molecule has 3 heterocycles. The van der Waals surface area contributed by atoms with Crippen molar-refractivity contribution in [2.75, 3.05) is 43.4 Å². The Labute approximate surface area is 195 Å². The van der Waals surface area contributed by atoms with Crippen molar-refractivity contribution < 1.29 is 4.79 Å². The average Bonchev–Trinajstić information content (AvgIpc) is 2.82. The van der Waals surface area contributed by atoms with E-state index in [1.165, 1.54) is 0 Å². The van der Waals surface area contributed by atoms with Crippen LogP contribution in [0.25, 0.3) is 11.3 Å². The number of amides is 1. The van der Waals surface area contributed by atoms with Crippen LogP contribution in [0, 0.1) is 6.92 Å². The molecule has 172 valence electrons. The summed E-state index contributed by atoms with van der Waals surface area (Å²) in [5.41, 5.74) is 4.35. The number of carbonyl (C=O) groups is 1. The number of hydrogen-bond acceptors (Lipinski definition) is 7. The molecule has 0 radical (unpaired) electrons. The molecule has 3 aromatic rings. The Morgan fingerprint density at radius 3 is 2.64 bits per heavy atom. The zero-order valence-corrected chi connectivity index (χ0v) is 19.5. The smallest absolute Gasteiger partial charge is 0.238 e. The fraction of sp³-hybridized carbons (Fsp3) is 0.360. The van der Waals surface area contributed by atoms with Crippen LogP contribution in [-0.2, 0) is 4.79 Å². The molecule has 1 fully saturated rings. The van der Waals surface area contributed by atoms with Gasteiger partial charge in [-0.25, -0.2) is 9.97 Å². The molecule has 1 aliphatic heterocycles. The van der Waals surface area contributed by atoms with Gasteiger partial charge in [-0.05, 0) is 56.7 Å². The van der Waals surface area contributed by atoms with Crippen molar-refractivity contribution in [1.82, 2.24) is 24.8 Å². The molecule has 0 aliphatic carbocycles. The van der Waals surface area contributed by atoms with E-state index in [4.69, 9.17) is 0 Å². The molecule has 1 aliphatic rings. The summed E-state index contributed by atoms with van der Waals surface area (Å²) in [4.78, 5) is 30.4. The molecule has 0 unspecified atom stereocenters. The number of anilines is 3. The second kappa shape index (κ2) is 10.5. The van der Waals surface area contributed by atoms with Gasteiger partial charge < -0.3 is 10.6 Å². The second-order valence-corrected chi connectivity index (χ2v) is 8.62. The molecule has 2 aromatic heterocycles. The molecule has 8 nitrogen and oxygen atoms in total. The zero-order chi connectivity index (χ0) is 23.2. The molecule has 2 N–H and O–H groups in total. The van der Waals surface area contributed by atoms with Crippen LogP contribution in [0.15, 0.2) is 55.0 Å². The lowest BCUT2D eigenvalue weighted by Crippen LogP contribution is -2.50. The Bertz CT molecular complexity index is 1080. The number of carbonyl (C=O) groups excluding carboxylic acids is 1. The Hall–Kier alpha value is -3.36. The van der Waals surface area contributed by atoms with E-state index in [-0.39, 0.29) is 5.91 Å². The summed E-state index contributed by atoms with van der Waals surface area (Å²) in [6.07, 6.45) is 5.23. The predicted octanol–water partition coefficient (Wildman–Crippen LogP) is 3.56. The lowest BCUT2D eigenvalue weighted by atomic mass is 10.1. The summed E-state index contributed by atoms with van der Waals surface area (Å²) >= 11 is 0. The molecule has 4 rings (SSSR count). The van der Waals surface area contributed by atoms with Crippen LogP contribution < -0.4 is 10.6 Å². The maximum Gasteiger partial charge on any atom is 0.238 e. The number of aryl methyl sites for hydroxylation is 1. The average molecular weight is 446 g/mol. The highest BCUT2D eigenvalue weighted by Crippen LogP contribution is 2.24. The van der Waals surface area contributed by atoms with Crippen LogP contribution in [0.1, 0.15) is 19.4 Å². The maximum atomic E-state index is 12.6. The van der Waals surface area contributed by atoms with Crippen molar-refractivity contribution in [1.29, 1.82) is 0 Å². The summed E-state index contributed by atoms with van der Waals surface area (Å²) < 4.78 is 0. The van der Waals surface area contributed by atoms with Crippen molar-refractivity contribution in [2.45, 2.75) is 26.8 Å². The van der Waals surface area contributed by atoms with Gasteiger partial charge in [0.05, 0.1) is 12.2 Å². The summed E-state index contributed by atoms with van der Waals surface area (Å²) in [5.74, 6) is 0.489. The zero-order valence-electron chi connectivity index (χ0n) is 19.5. The van der Waals surface area contributed by atoms with E-state index in [1.807, 2.05) is 43.3 Å². The highest BCUT2D eigenvalue weighted by atomic mass is 16.2. The second-order valence-electron chi connectivity index (χ2n) is 8.62. The molecule has 1 saturated heterocycles. The molecule has 0 saturated carbocycles. The van der Waals surface area contributed by atoms with E-state index in [0.717, 1.165) is 54.4 Å². The lowest BCUT2D eigenvalue weighted by Gasteiger charge is -2.36. The van der Waals surface area contributed by atoms with Gasteiger partial charge >= 0.3 is 0 Å². The summed E-state index contributed by atoms with van der Waals surface area (Å²) in [5, 5.41) is 6.31. The van der Waals surface area contributed by atoms with Crippen LogP contribution in [0.3, 0.4) is 0 Å². The molecular weight excluding hydrogens is 414 g/mol. The standard InChI is InChI=1S/C25H31N7O/c1-18(2)32-13-11-31(12-14-32)17-24(33)28-21-7-6-19(3)23(15-21)30-25-27-10-8-22(29-25)20-5-4-9-26-16-20/h4-10,15-16,18H,11-14,17H2,1-3H3,(H,28,33)(H,27,29,30). The van der Waals surface area contributed by atoms with E-state index in [0.29, 0.717) is 18.5 Å². The van der Waals surface area contributed by atoms with Gasteiger partial charge in [0, 0.05) is 67.7 Å². The third-order valence-electron chi connectivity index (χ3n) is 5.89. The molecule has 1 amide bonds. The van der Waals surface area contributed by atoms with Crippen molar-refractivity contribution in [3.05, 3.63) is 60.6 Å². The monoisotopic (exact) mass is 445 g/mol. The van der Waals surface area contributed by atoms with E-state index in [9.17, 15) is 4.79 Å². The van der Waals surface area contributed by atoms with Gasteiger partial charge in [0.2, 0.25) is 11.9 Å². The third kappa shape index (κ3) is 6.12. The van der Waals surface area contributed by atoms with Gasteiger partial charge in [0.1, 0.15) is 0 Å². The van der Waals surface area contributed by atoms with Gasteiger partial charge in [0.15, 0.2) is 0 Å². The number of piperazine rings is 1. The fourth-order valence-corrected chi connectivity index (χ4v) is 3.89. The third-order valence-corrected chi connectivity index (χ3v) is 5.89. The van der Waals surface area contributed by atoms with Crippen molar-refractivity contribution in [3.63, 3.8) is 0 Å². The SMILES string of the molecule is Cc1ccc(NC(=O)CN2CCN(C(C)C)CC2)cc1Nc1nccc(-c2cccnc2)n1. The number of rotatable bonds is 7. The minimum absolute atomic E-state index is 0.00220. The first-order chi connectivity index (χ1) is 16.0. The highest BCUT2D eigenvalue weighted by Gasteiger charge is 2.20. The summed E-state index contributed by atoms with van der Waals surface area (Å²) in [7, 11) is 0. The molecule has 8 heteroatoms. The molecule has 0 bridgehead atoms. The fourth-order valence-electron chi connectivity index (χ4n) is 3.89. The van der Waals surface area contributed by atoms with Crippen LogP contribution in [0.4, 0.5) is 17.3 Å². The Morgan fingerprint density at radius 2 is 1.91 bits per heavy atom. The van der Waals surface area contributed by atoms with Gasteiger partial charge in [-0.15, -0.1) is 0 Å². The topological polar surface area (TPSA) is 86.3 Å². The Kier molecular flexibility index (Phi) is 7.26. The molecule has 0 atom stereocenters. The van der Waals surface area contributed by atoms with Gasteiger partial charge in [-0.2, -0.15) is 0 Å². The van der Waals surface area contributed by atoms with E-state index >= 15 is 0 Å². The number of pyridine rings is 1. The molecule has 0 spiro atoms. The number of hydrogen-bond donors (Lipinski definition) is 2. The first kappa shape index (κ1) is 22.8. The minimum atomic E-state index is -0.00220. The predicted molar refractivity (Wildman–Crippen MR) is 132 cm³/mol. The van der Waals surface area contributed by atoms with Crippen LogP contribution in [0.2, 0.25) is 0 Å². The highest BCUT2D eigenvalue weighted by molar-refractivity contribution is 5.93. The summed E-state index contributed by atoms with van der Waals surface area (Å²) in [6, 6.07) is 12.1. The molecule has 1 aromatic carbocycles. The van der Waals surface area contributed by atoms with Gasteiger partial charge in [-0.3, -0.25) is 19.6 Å². The van der Waals surface area contributed by atoms with Crippen LogP contribution >= 0.6 is 0 Å². The van der Waals surface area contributed by atoms with E-state index in [1.54, 1.807) is 18.6 Å².